The molecular formula is C31H47N3O7. The lowest BCUT2D eigenvalue weighted by Crippen LogP contribution is -2.57. The standard InChI is InChI=1S/C31H47N3O7/c1-6-7-25(28(38)39)33-27(37)18(2)32-26(36)17-41-34-21-10-13-29(4)20(16-21)8-9-22-23(29)11-14-30(5)24(22)12-15-31(30,40)19(3)35/h16,18,22-25,40H,6-15,17H2,1-5H3,(H,32,36)(H,33,37)(H,38,39)/b34-21-/t18-,22+,23-,24-,25-,29-,30-,31-/m0/s1. The molecule has 10 nitrogen and oxygen atoms in total. The van der Waals surface area contributed by atoms with Gasteiger partial charge in [-0.2, -0.15) is 0 Å². The van der Waals surface area contributed by atoms with Crippen LogP contribution < -0.4 is 10.6 Å². The molecule has 0 heterocycles. The number of hydrogen-bond donors (Lipinski definition) is 4. The first kappa shape index (κ1) is 31.2. The van der Waals surface area contributed by atoms with Crippen molar-refractivity contribution < 1.29 is 34.2 Å². The largest absolute Gasteiger partial charge is 0.480 e. The number of hydrogen-bond acceptors (Lipinski definition) is 7. The van der Waals surface area contributed by atoms with Gasteiger partial charge in [0.25, 0.3) is 5.91 Å². The fourth-order valence-electron chi connectivity index (χ4n) is 8.60. The Hall–Kier alpha value is -2.75. The number of aliphatic carboxylic acids is 1. The van der Waals surface area contributed by atoms with Crippen LogP contribution in [0.2, 0.25) is 0 Å². The Kier molecular flexibility index (Phi) is 9.02. The summed E-state index contributed by atoms with van der Waals surface area (Å²) in [7, 11) is 0. The van der Waals surface area contributed by atoms with Gasteiger partial charge in [-0.1, -0.05) is 37.9 Å². The van der Waals surface area contributed by atoms with E-state index >= 15 is 0 Å². The number of ketones is 1. The number of fused-ring (bicyclic) bond motifs is 5. The molecule has 8 atom stereocenters. The van der Waals surface area contributed by atoms with Crippen LogP contribution >= 0.6 is 0 Å². The maximum Gasteiger partial charge on any atom is 0.326 e. The van der Waals surface area contributed by atoms with Crippen LogP contribution in [0, 0.1) is 28.6 Å². The summed E-state index contributed by atoms with van der Waals surface area (Å²) in [6.45, 7) is 9.02. The molecule has 0 aliphatic heterocycles. The molecule has 41 heavy (non-hydrogen) atoms. The van der Waals surface area contributed by atoms with Crippen molar-refractivity contribution in [1.29, 1.82) is 0 Å². The molecule has 4 aliphatic carbocycles. The Morgan fingerprint density at radius 2 is 1.78 bits per heavy atom. The van der Waals surface area contributed by atoms with Gasteiger partial charge in [-0.25, -0.2) is 4.79 Å². The summed E-state index contributed by atoms with van der Waals surface area (Å²) >= 11 is 0. The Morgan fingerprint density at radius 1 is 1.07 bits per heavy atom. The van der Waals surface area contributed by atoms with Crippen LogP contribution in [0.4, 0.5) is 0 Å². The highest BCUT2D eigenvalue weighted by atomic mass is 16.6. The highest BCUT2D eigenvalue weighted by Crippen LogP contribution is 2.67. The Balaban J connectivity index is 1.33. The van der Waals surface area contributed by atoms with E-state index in [4.69, 9.17) is 4.84 Å². The zero-order valence-corrected chi connectivity index (χ0v) is 25.1. The first-order valence-electron chi connectivity index (χ1n) is 15.2. The molecule has 4 rings (SSSR count). The molecule has 0 aromatic carbocycles. The average Bonchev–Trinajstić information content (AvgIpc) is 3.20. The van der Waals surface area contributed by atoms with Crippen LogP contribution in [0.3, 0.4) is 0 Å². The lowest BCUT2D eigenvalue weighted by molar-refractivity contribution is -0.159. The van der Waals surface area contributed by atoms with E-state index in [1.54, 1.807) is 6.92 Å². The number of carbonyl (C=O) groups excluding carboxylic acids is 3. The molecule has 4 aliphatic rings. The van der Waals surface area contributed by atoms with Gasteiger partial charge in [0.1, 0.15) is 17.7 Å². The first-order chi connectivity index (χ1) is 19.3. The minimum Gasteiger partial charge on any atom is -0.480 e. The normalized spacial score (nSPS) is 36.6. The summed E-state index contributed by atoms with van der Waals surface area (Å²) in [6, 6.07) is -1.90. The van der Waals surface area contributed by atoms with Gasteiger partial charge in [0.05, 0.1) is 5.71 Å². The van der Waals surface area contributed by atoms with Gasteiger partial charge in [-0.15, -0.1) is 0 Å². The SMILES string of the molecule is CCC[C@H](NC(=O)[C@H](C)NC(=O)CO/N=C1\C=C2CC[C@@H]3[C@H](CC[C@@]4(C)[C@H]3CC[C@]4(O)C(C)=O)[C@@]2(C)CC1)C(=O)O. The molecule has 228 valence electrons. The maximum absolute atomic E-state index is 12.5. The van der Waals surface area contributed by atoms with Crippen molar-refractivity contribution in [3.63, 3.8) is 0 Å². The van der Waals surface area contributed by atoms with E-state index in [9.17, 15) is 29.4 Å². The fraction of sp³-hybridized carbons (Fsp3) is 0.774. The van der Waals surface area contributed by atoms with E-state index in [1.165, 1.54) is 12.5 Å². The van der Waals surface area contributed by atoms with E-state index < -0.39 is 35.5 Å². The highest BCUT2D eigenvalue weighted by Gasteiger charge is 2.65. The van der Waals surface area contributed by atoms with Crippen LogP contribution in [-0.4, -0.2) is 63.8 Å². The summed E-state index contributed by atoms with van der Waals surface area (Å²) in [6.07, 6.45) is 10.0. The van der Waals surface area contributed by atoms with Crippen molar-refractivity contribution in [1.82, 2.24) is 10.6 Å². The Labute approximate surface area is 242 Å². The van der Waals surface area contributed by atoms with E-state index in [0.29, 0.717) is 37.0 Å². The van der Waals surface area contributed by atoms with E-state index in [0.717, 1.165) is 50.7 Å². The van der Waals surface area contributed by atoms with Crippen LogP contribution in [-0.2, 0) is 24.0 Å². The predicted molar refractivity (Wildman–Crippen MR) is 153 cm³/mol. The summed E-state index contributed by atoms with van der Waals surface area (Å²) in [5.74, 6) is -0.915. The molecule has 0 unspecified atom stereocenters. The molecule has 3 fully saturated rings. The fourth-order valence-corrected chi connectivity index (χ4v) is 8.60. The van der Waals surface area contributed by atoms with E-state index in [2.05, 4.69) is 35.7 Å². The van der Waals surface area contributed by atoms with Gasteiger partial charge in [-0.05, 0) is 101 Å². The second kappa shape index (κ2) is 11.9. The molecule has 2 amide bonds. The third kappa shape index (κ3) is 5.68. The van der Waals surface area contributed by atoms with Gasteiger partial charge in [-0.3, -0.25) is 14.4 Å². The van der Waals surface area contributed by atoms with Crippen LogP contribution in [0.25, 0.3) is 0 Å². The summed E-state index contributed by atoms with van der Waals surface area (Å²) < 4.78 is 0. The number of oxime groups is 1. The number of allylic oxidation sites excluding steroid dienone is 2. The number of carboxylic acids is 1. The Morgan fingerprint density at radius 3 is 2.44 bits per heavy atom. The predicted octanol–water partition coefficient (Wildman–Crippen LogP) is 3.52. The number of rotatable bonds is 10. The number of nitrogens with one attached hydrogen (secondary N) is 2. The quantitative estimate of drug-likeness (QED) is 0.292. The molecule has 0 bridgehead atoms. The minimum atomic E-state index is -1.20. The van der Waals surface area contributed by atoms with E-state index in [-0.39, 0.29) is 23.2 Å². The molecule has 0 radical (unpaired) electrons. The van der Waals surface area contributed by atoms with Crippen LogP contribution in [0.1, 0.15) is 98.8 Å². The molecule has 0 spiro atoms. The average molecular weight is 574 g/mol. The number of carbonyl (C=O) groups is 4. The minimum absolute atomic E-state index is 0.0476. The molecule has 3 saturated carbocycles. The van der Waals surface area contributed by atoms with Crippen molar-refractivity contribution in [3.8, 4) is 0 Å². The van der Waals surface area contributed by atoms with Crippen molar-refractivity contribution in [2.45, 2.75) is 117 Å². The molecule has 0 aromatic heterocycles. The van der Waals surface area contributed by atoms with Crippen LogP contribution in [0.15, 0.2) is 16.8 Å². The molecule has 10 heteroatoms. The molecule has 0 aromatic rings. The molecular weight excluding hydrogens is 526 g/mol. The van der Waals surface area contributed by atoms with Crippen molar-refractivity contribution in [2.24, 2.45) is 33.7 Å². The maximum atomic E-state index is 12.5. The lowest BCUT2D eigenvalue weighted by Gasteiger charge is -2.59. The molecule has 4 N–H and O–H groups in total. The topological polar surface area (TPSA) is 154 Å². The van der Waals surface area contributed by atoms with Gasteiger partial charge < -0.3 is 25.7 Å². The highest BCUT2D eigenvalue weighted by molar-refractivity contribution is 5.96. The van der Waals surface area contributed by atoms with Crippen molar-refractivity contribution in [3.05, 3.63) is 11.6 Å². The third-order valence-electron chi connectivity index (χ3n) is 11.1. The number of aliphatic hydroxyl groups is 1. The smallest absolute Gasteiger partial charge is 0.326 e. The number of amides is 2. The van der Waals surface area contributed by atoms with Crippen molar-refractivity contribution >= 4 is 29.3 Å². The summed E-state index contributed by atoms with van der Waals surface area (Å²) in [4.78, 5) is 53.7. The Bertz CT molecular complexity index is 1130. The van der Waals surface area contributed by atoms with Crippen LogP contribution in [0.5, 0.6) is 0 Å². The van der Waals surface area contributed by atoms with Gasteiger partial charge in [0, 0.05) is 5.41 Å². The van der Waals surface area contributed by atoms with Gasteiger partial charge in [0.15, 0.2) is 12.4 Å². The zero-order valence-electron chi connectivity index (χ0n) is 25.1. The van der Waals surface area contributed by atoms with Gasteiger partial charge >= 0.3 is 5.97 Å². The van der Waals surface area contributed by atoms with E-state index in [1.807, 2.05) is 6.92 Å². The second-order valence-electron chi connectivity index (χ2n) is 13.2. The lowest BCUT2D eigenvalue weighted by atomic mass is 9.46. The third-order valence-corrected chi connectivity index (χ3v) is 11.1. The molecule has 0 saturated heterocycles. The second-order valence-corrected chi connectivity index (χ2v) is 13.2. The number of Topliss-reactive ketones (excluding diaryl/α,β-unsaturated/α-hetero) is 1. The summed E-state index contributed by atoms with van der Waals surface area (Å²) in [5, 5.41) is 29.8. The first-order valence-corrected chi connectivity index (χ1v) is 15.2. The monoisotopic (exact) mass is 573 g/mol. The zero-order chi connectivity index (χ0) is 30.2. The number of carboxylic acid groups (broad SMARTS) is 1. The van der Waals surface area contributed by atoms with Gasteiger partial charge in [0.2, 0.25) is 5.91 Å². The van der Waals surface area contributed by atoms with Crippen molar-refractivity contribution in [2.75, 3.05) is 6.61 Å². The number of nitrogens with zero attached hydrogens (tertiary/aromatic N) is 1. The summed E-state index contributed by atoms with van der Waals surface area (Å²) in [5.41, 5.74) is 0.661.